The standard InChI is InChI=1S/C16H14F3N3O5/c1-21(15(24)27-12-4-2-11(3-5-12)22(25)26)7-6-10-8-13(16(17,18)19)14(23)20-9-10/h2-5,8-9H,6-7H2,1H3,(H,20,23). The number of aromatic amines is 1. The van der Waals surface area contributed by atoms with Crippen LogP contribution in [-0.4, -0.2) is 34.5 Å². The second-order valence-corrected chi connectivity index (χ2v) is 5.54. The molecule has 11 heteroatoms. The van der Waals surface area contributed by atoms with E-state index in [4.69, 9.17) is 4.74 Å². The zero-order valence-corrected chi connectivity index (χ0v) is 13.9. The molecule has 0 aliphatic rings. The molecule has 2 aromatic rings. The minimum absolute atomic E-state index is 0.0230. The van der Waals surface area contributed by atoms with Gasteiger partial charge in [0.05, 0.1) is 4.92 Å². The Bertz CT molecular complexity index is 893. The third kappa shape index (κ3) is 5.30. The molecule has 1 aromatic heterocycles. The fraction of sp³-hybridized carbons (Fsp3) is 0.250. The number of halogens is 3. The van der Waals surface area contributed by atoms with E-state index in [-0.39, 0.29) is 30.0 Å². The molecule has 0 saturated carbocycles. The van der Waals surface area contributed by atoms with Gasteiger partial charge in [-0.3, -0.25) is 14.9 Å². The first kappa shape index (κ1) is 19.9. The Kier molecular flexibility index (Phi) is 5.83. The SMILES string of the molecule is CN(CCc1c[nH]c(=O)c(C(F)(F)F)c1)C(=O)Oc1ccc([N+](=O)[O-])cc1. The van der Waals surface area contributed by atoms with E-state index in [1.807, 2.05) is 4.98 Å². The summed E-state index contributed by atoms with van der Waals surface area (Å²) >= 11 is 0. The number of nitrogens with zero attached hydrogens (tertiary/aromatic N) is 2. The molecule has 0 bridgehead atoms. The number of likely N-dealkylation sites (N-methyl/N-ethyl adjacent to an activating group) is 1. The van der Waals surface area contributed by atoms with Crippen LogP contribution in [-0.2, 0) is 12.6 Å². The number of carbonyl (C=O) groups is 1. The van der Waals surface area contributed by atoms with Gasteiger partial charge in [-0.2, -0.15) is 13.2 Å². The molecule has 0 unspecified atom stereocenters. The van der Waals surface area contributed by atoms with Gasteiger partial charge in [0.2, 0.25) is 0 Å². The zero-order valence-electron chi connectivity index (χ0n) is 13.9. The lowest BCUT2D eigenvalue weighted by molar-refractivity contribution is -0.384. The molecule has 1 heterocycles. The maximum Gasteiger partial charge on any atom is 0.421 e. The molecular weight excluding hydrogens is 371 g/mol. The van der Waals surface area contributed by atoms with Gasteiger partial charge < -0.3 is 14.6 Å². The number of rotatable bonds is 5. The van der Waals surface area contributed by atoms with E-state index in [9.17, 15) is 32.9 Å². The molecular formula is C16H14F3N3O5. The molecule has 0 fully saturated rings. The lowest BCUT2D eigenvalue weighted by Crippen LogP contribution is -2.31. The van der Waals surface area contributed by atoms with E-state index in [1.165, 1.54) is 31.3 Å². The number of pyridine rings is 1. The third-order valence-electron chi connectivity index (χ3n) is 3.57. The van der Waals surface area contributed by atoms with Crippen LogP contribution in [0.15, 0.2) is 41.3 Å². The molecule has 0 saturated heterocycles. The Morgan fingerprint density at radius 1 is 1.30 bits per heavy atom. The fourth-order valence-electron chi connectivity index (χ4n) is 2.09. The van der Waals surface area contributed by atoms with Crippen molar-refractivity contribution in [2.75, 3.05) is 13.6 Å². The smallest absolute Gasteiger partial charge is 0.410 e. The number of nitro groups is 1. The monoisotopic (exact) mass is 385 g/mol. The summed E-state index contributed by atoms with van der Waals surface area (Å²) in [6.45, 7) is 0.0230. The maximum absolute atomic E-state index is 12.7. The Labute approximate surface area is 150 Å². The van der Waals surface area contributed by atoms with Crippen molar-refractivity contribution in [3.8, 4) is 5.75 Å². The molecule has 2 rings (SSSR count). The van der Waals surface area contributed by atoms with E-state index >= 15 is 0 Å². The van der Waals surface area contributed by atoms with Gasteiger partial charge >= 0.3 is 12.3 Å². The summed E-state index contributed by atoms with van der Waals surface area (Å²) in [5.41, 5.74) is -2.52. The van der Waals surface area contributed by atoms with Gasteiger partial charge in [-0.25, -0.2) is 4.79 Å². The van der Waals surface area contributed by atoms with E-state index in [0.717, 1.165) is 17.2 Å². The first-order valence-corrected chi connectivity index (χ1v) is 7.54. The third-order valence-corrected chi connectivity index (χ3v) is 3.57. The van der Waals surface area contributed by atoms with E-state index in [1.54, 1.807) is 0 Å². The van der Waals surface area contributed by atoms with Gasteiger partial charge in [-0.15, -0.1) is 0 Å². The number of benzene rings is 1. The highest BCUT2D eigenvalue weighted by Gasteiger charge is 2.34. The number of non-ortho nitro benzene ring substituents is 1. The lowest BCUT2D eigenvalue weighted by Gasteiger charge is -2.17. The summed E-state index contributed by atoms with van der Waals surface area (Å²) in [5.74, 6) is 0.0841. The highest BCUT2D eigenvalue weighted by molar-refractivity contribution is 5.70. The molecule has 1 amide bonds. The van der Waals surface area contributed by atoms with Gasteiger partial charge in [-0.05, 0) is 30.2 Å². The van der Waals surface area contributed by atoms with Crippen LogP contribution in [0, 0.1) is 10.1 Å². The van der Waals surface area contributed by atoms with E-state index in [0.29, 0.717) is 0 Å². The molecule has 0 spiro atoms. The number of ether oxygens (including phenoxy) is 1. The second kappa shape index (κ2) is 7.89. The van der Waals surface area contributed by atoms with Crippen LogP contribution in [0.25, 0.3) is 0 Å². The summed E-state index contributed by atoms with van der Waals surface area (Å²) in [6, 6.07) is 5.57. The normalized spacial score (nSPS) is 11.1. The van der Waals surface area contributed by atoms with Crippen LogP contribution in [0.2, 0.25) is 0 Å². The second-order valence-electron chi connectivity index (χ2n) is 5.54. The number of aromatic nitrogens is 1. The van der Waals surface area contributed by atoms with Gasteiger partial charge in [0.1, 0.15) is 11.3 Å². The number of nitro benzene ring substituents is 1. The Morgan fingerprint density at radius 2 is 1.93 bits per heavy atom. The highest BCUT2D eigenvalue weighted by atomic mass is 19.4. The molecule has 1 aromatic carbocycles. The van der Waals surface area contributed by atoms with E-state index < -0.39 is 28.3 Å². The summed E-state index contributed by atoms with van der Waals surface area (Å²) < 4.78 is 43.2. The first-order chi connectivity index (χ1) is 12.6. The zero-order chi connectivity index (χ0) is 20.2. The summed E-state index contributed by atoms with van der Waals surface area (Å²) in [7, 11) is 1.38. The van der Waals surface area contributed by atoms with Crippen LogP contribution in [0.3, 0.4) is 0 Å². The summed E-state index contributed by atoms with van der Waals surface area (Å²) in [5, 5.41) is 10.6. The number of H-pyrrole nitrogens is 1. The quantitative estimate of drug-likeness (QED) is 0.629. The van der Waals surface area contributed by atoms with Gasteiger partial charge in [0, 0.05) is 31.9 Å². The lowest BCUT2D eigenvalue weighted by atomic mass is 10.1. The van der Waals surface area contributed by atoms with Gasteiger partial charge in [0.25, 0.3) is 11.2 Å². The molecule has 0 aliphatic heterocycles. The molecule has 1 N–H and O–H groups in total. The summed E-state index contributed by atoms with van der Waals surface area (Å²) in [6.07, 6.45) is -4.37. The van der Waals surface area contributed by atoms with Crippen molar-refractivity contribution in [1.82, 2.24) is 9.88 Å². The van der Waals surface area contributed by atoms with Crippen LogP contribution in [0.5, 0.6) is 5.75 Å². The minimum atomic E-state index is -4.77. The van der Waals surface area contributed by atoms with Crippen molar-refractivity contribution < 1.29 is 27.6 Å². The minimum Gasteiger partial charge on any atom is -0.410 e. The largest absolute Gasteiger partial charge is 0.421 e. The van der Waals surface area contributed by atoms with Crippen LogP contribution >= 0.6 is 0 Å². The number of amides is 1. The van der Waals surface area contributed by atoms with Crippen molar-refractivity contribution in [2.45, 2.75) is 12.6 Å². The molecule has 0 aliphatic carbocycles. The summed E-state index contributed by atoms with van der Waals surface area (Å²) in [4.78, 5) is 36.3. The maximum atomic E-state index is 12.7. The van der Waals surface area contributed by atoms with Gasteiger partial charge in [0.15, 0.2) is 0 Å². The van der Waals surface area contributed by atoms with Crippen molar-refractivity contribution in [3.63, 3.8) is 0 Å². The number of carbonyl (C=O) groups excluding carboxylic acids is 1. The predicted octanol–water partition coefficient (Wildman–Crippen LogP) is 2.98. The molecule has 0 radical (unpaired) electrons. The topological polar surface area (TPSA) is 106 Å². The Balaban J connectivity index is 1.97. The Hall–Kier alpha value is -3.37. The van der Waals surface area contributed by atoms with Gasteiger partial charge in [-0.1, -0.05) is 0 Å². The van der Waals surface area contributed by atoms with Crippen molar-refractivity contribution in [2.24, 2.45) is 0 Å². The first-order valence-electron chi connectivity index (χ1n) is 7.54. The van der Waals surface area contributed by atoms with Crippen LogP contribution in [0.1, 0.15) is 11.1 Å². The fourth-order valence-corrected chi connectivity index (χ4v) is 2.09. The number of alkyl halides is 3. The van der Waals surface area contributed by atoms with Crippen molar-refractivity contribution in [3.05, 3.63) is 68.1 Å². The average Bonchev–Trinajstić information content (AvgIpc) is 2.60. The number of nitrogens with one attached hydrogen (secondary N) is 1. The van der Waals surface area contributed by atoms with Crippen LogP contribution < -0.4 is 10.3 Å². The van der Waals surface area contributed by atoms with Crippen molar-refractivity contribution in [1.29, 1.82) is 0 Å². The van der Waals surface area contributed by atoms with Crippen LogP contribution in [0.4, 0.5) is 23.7 Å². The molecule has 0 atom stereocenters. The predicted molar refractivity (Wildman–Crippen MR) is 87.5 cm³/mol. The van der Waals surface area contributed by atoms with E-state index in [2.05, 4.69) is 0 Å². The molecule has 27 heavy (non-hydrogen) atoms. The molecule has 144 valence electrons. The Morgan fingerprint density at radius 3 is 2.48 bits per heavy atom. The highest BCUT2D eigenvalue weighted by Crippen LogP contribution is 2.26. The number of hydrogen-bond acceptors (Lipinski definition) is 5. The molecule has 8 nitrogen and oxygen atoms in total. The number of hydrogen-bond donors (Lipinski definition) is 1. The van der Waals surface area contributed by atoms with Crippen molar-refractivity contribution >= 4 is 11.8 Å². The average molecular weight is 385 g/mol.